The molecular formula is C24H18Br2N4S. The van der Waals surface area contributed by atoms with Crippen molar-refractivity contribution < 1.29 is 0 Å². The minimum absolute atomic E-state index is 0.0674. The van der Waals surface area contributed by atoms with Crippen LogP contribution in [-0.2, 0) is 0 Å². The molecule has 1 saturated heterocycles. The fraction of sp³-hybridized carbons (Fsp3) is 0.0833. The zero-order valence-electron chi connectivity index (χ0n) is 16.3. The molecule has 4 nitrogen and oxygen atoms in total. The third-order valence-electron chi connectivity index (χ3n) is 5.39. The van der Waals surface area contributed by atoms with Crippen molar-refractivity contribution in [1.82, 2.24) is 14.9 Å². The maximum Gasteiger partial charge on any atom is 0.174 e. The van der Waals surface area contributed by atoms with Gasteiger partial charge in [0.05, 0.1) is 11.7 Å². The average molecular weight is 554 g/mol. The molecule has 1 aliphatic rings. The van der Waals surface area contributed by atoms with Gasteiger partial charge in [-0.15, -0.1) is 0 Å². The Morgan fingerprint density at radius 2 is 1.48 bits per heavy atom. The summed E-state index contributed by atoms with van der Waals surface area (Å²) in [5.74, 6) is 0. The second-order valence-corrected chi connectivity index (χ2v) is 9.47. The molecule has 2 aromatic heterocycles. The van der Waals surface area contributed by atoms with Crippen LogP contribution in [0, 0.1) is 0 Å². The summed E-state index contributed by atoms with van der Waals surface area (Å²) >= 11 is 12.9. The van der Waals surface area contributed by atoms with Gasteiger partial charge in [0.15, 0.2) is 5.11 Å². The van der Waals surface area contributed by atoms with Gasteiger partial charge < -0.3 is 14.8 Å². The smallest absolute Gasteiger partial charge is 0.174 e. The highest BCUT2D eigenvalue weighted by atomic mass is 79.9. The number of rotatable bonds is 4. The van der Waals surface area contributed by atoms with E-state index in [9.17, 15) is 0 Å². The van der Waals surface area contributed by atoms with Crippen LogP contribution in [-0.4, -0.2) is 14.7 Å². The first-order valence-electron chi connectivity index (χ1n) is 9.81. The van der Waals surface area contributed by atoms with Gasteiger partial charge in [0.25, 0.3) is 0 Å². The topological polar surface area (TPSA) is 33.1 Å². The number of halogens is 2. The van der Waals surface area contributed by atoms with Gasteiger partial charge in [0, 0.05) is 38.4 Å². The maximum atomic E-state index is 5.82. The lowest BCUT2D eigenvalue weighted by Crippen LogP contribution is -2.30. The van der Waals surface area contributed by atoms with Gasteiger partial charge in [-0.3, -0.25) is 4.98 Å². The number of benzene rings is 2. The van der Waals surface area contributed by atoms with E-state index in [1.807, 2.05) is 36.5 Å². The summed E-state index contributed by atoms with van der Waals surface area (Å²) in [6.07, 6.45) is 3.92. The van der Waals surface area contributed by atoms with Gasteiger partial charge in [-0.05, 0) is 85.0 Å². The maximum absolute atomic E-state index is 5.82. The number of aromatic nitrogens is 2. The van der Waals surface area contributed by atoms with Gasteiger partial charge in [-0.25, -0.2) is 0 Å². The summed E-state index contributed by atoms with van der Waals surface area (Å²) < 4.78 is 4.30. The van der Waals surface area contributed by atoms with E-state index in [0.29, 0.717) is 5.11 Å². The third-order valence-corrected chi connectivity index (χ3v) is 6.76. The summed E-state index contributed by atoms with van der Waals surface area (Å²) in [6, 6.07) is 26.6. The Morgan fingerprint density at radius 1 is 0.806 bits per heavy atom. The van der Waals surface area contributed by atoms with Gasteiger partial charge in [0.1, 0.15) is 6.04 Å². The van der Waals surface area contributed by atoms with E-state index in [1.165, 1.54) is 0 Å². The number of nitrogens with zero attached hydrogens (tertiary/aromatic N) is 3. The Kier molecular flexibility index (Phi) is 5.65. The molecule has 0 amide bonds. The Morgan fingerprint density at radius 3 is 2.13 bits per heavy atom. The van der Waals surface area contributed by atoms with E-state index < -0.39 is 0 Å². The summed E-state index contributed by atoms with van der Waals surface area (Å²) in [5, 5.41) is 4.21. The highest BCUT2D eigenvalue weighted by Crippen LogP contribution is 2.42. The van der Waals surface area contributed by atoms with E-state index >= 15 is 0 Å². The second kappa shape index (κ2) is 8.57. The quantitative estimate of drug-likeness (QED) is 0.290. The second-order valence-electron chi connectivity index (χ2n) is 7.25. The van der Waals surface area contributed by atoms with Gasteiger partial charge in [0.2, 0.25) is 0 Å². The highest BCUT2D eigenvalue weighted by Gasteiger charge is 2.42. The largest absolute Gasteiger partial charge is 0.351 e. The molecule has 3 heterocycles. The summed E-state index contributed by atoms with van der Waals surface area (Å²) in [7, 11) is 0. The van der Waals surface area contributed by atoms with E-state index in [4.69, 9.17) is 12.2 Å². The molecule has 1 N–H and O–H groups in total. The Labute approximate surface area is 203 Å². The zero-order chi connectivity index (χ0) is 21.4. The van der Waals surface area contributed by atoms with Crippen LogP contribution < -0.4 is 10.2 Å². The van der Waals surface area contributed by atoms with Crippen LogP contribution in [0.1, 0.15) is 23.5 Å². The summed E-state index contributed by atoms with van der Waals surface area (Å²) in [4.78, 5) is 6.83. The lowest BCUT2D eigenvalue weighted by Gasteiger charge is -2.29. The first-order valence-corrected chi connectivity index (χ1v) is 11.8. The number of nitrogens with one attached hydrogen (secondary N) is 1. The predicted octanol–water partition coefficient (Wildman–Crippen LogP) is 6.57. The molecule has 7 heteroatoms. The van der Waals surface area contributed by atoms with Crippen LogP contribution in [0.3, 0.4) is 0 Å². The molecule has 154 valence electrons. The van der Waals surface area contributed by atoms with Crippen molar-refractivity contribution in [2.45, 2.75) is 12.1 Å². The molecule has 4 aromatic rings. The SMILES string of the molecule is S=C1N[C@H](c2ccccn2)[C@@H](c2cccn2-c2ccc(Br)cc2)N1c1ccc(Br)cc1. The van der Waals surface area contributed by atoms with Crippen molar-refractivity contribution in [2.24, 2.45) is 0 Å². The van der Waals surface area contributed by atoms with Gasteiger partial charge in [-0.2, -0.15) is 0 Å². The molecule has 5 rings (SSSR count). The van der Waals surface area contributed by atoms with Gasteiger partial charge >= 0.3 is 0 Å². The van der Waals surface area contributed by atoms with Crippen LogP contribution >= 0.6 is 44.1 Å². The number of hydrogen-bond acceptors (Lipinski definition) is 2. The Hall–Kier alpha value is -2.48. The lowest BCUT2D eigenvalue weighted by atomic mass is 10.0. The highest BCUT2D eigenvalue weighted by molar-refractivity contribution is 9.10. The van der Waals surface area contributed by atoms with Crippen molar-refractivity contribution in [3.8, 4) is 5.69 Å². The van der Waals surface area contributed by atoms with Crippen LogP contribution in [0.4, 0.5) is 5.69 Å². The standard InChI is InChI=1S/C24H18Br2N4S/c25-16-6-10-18(11-7-16)29-15-3-5-21(29)23-22(20-4-1-2-14-27-20)28-24(31)30(23)19-12-8-17(26)9-13-19/h1-15,22-23H,(H,28,31)/t22-,23-/m1/s1. The van der Waals surface area contributed by atoms with Crippen molar-refractivity contribution in [1.29, 1.82) is 0 Å². The number of anilines is 1. The lowest BCUT2D eigenvalue weighted by molar-refractivity contribution is 0.549. The van der Waals surface area contributed by atoms with Crippen molar-refractivity contribution >= 4 is 54.9 Å². The Balaban J connectivity index is 1.66. The predicted molar refractivity (Wildman–Crippen MR) is 136 cm³/mol. The molecule has 31 heavy (non-hydrogen) atoms. The first kappa shape index (κ1) is 20.4. The molecule has 0 bridgehead atoms. The van der Waals surface area contributed by atoms with E-state index in [2.05, 4.69) is 106 Å². The first-order chi connectivity index (χ1) is 15.1. The average Bonchev–Trinajstić information content (AvgIpc) is 3.40. The number of pyridine rings is 1. The minimum Gasteiger partial charge on any atom is -0.351 e. The zero-order valence-corrected chi connectivity index (χ0v) is 20.3. The van der Waals surface area contributed by atoms with Crippen LogP contribution in [0.25, 0.3) is 5.69 Å². The molecular weight excluding hydrogens is 536 g/mol. The molecule has 0 unspecified atom stereocenters. The van der Waals surface area contributed by atoms with Crippen LogP contribution in [0.5, 0.6) is 0 Å². The molecule has 0 aliphatic carbocycles. The fourth-order valence-electron chi connectivity index (χ4n) is 4.01. The molecule has 1 fully saturated rings. The minimum atomic E-state index is -0.0820. The van der Waals surface area contributed by atoms with Gasteiger partial charge in [-0.1, -0.05) is 37.9 Å². The monoisotopic (exact) mass is 552 g/mol. The fourth-order valence-corrected chi connectivity index (χ4v) is 4.88. The summed E-state index contributed by atoms with van der Waals surface area (Å²) in [6.45, 7) is 0. The molecule has 0 saturated carbocycles. The molecule has 2 aromatic carbocycles. The normalized spacial score (nSPS) is 18.3. The van der Waals surface area contributed by atoms with Crippen LogP contribution in [0.15, 0.2) is 100 Å². The van der Waals surface area contributed by atoms with Crippen molar-refractivity contribution in [3.63, 3.8) is 0 Å². The van der Waals surface area contributed by atoms with E-state index in [0.717, 1.165) is 31.7 Å². The third kappa shape index (κ3) is 3.93. The van der Waals surface area contributed by atoms with E-state index in [1.54, 1.807) is 0 Å². The van der Waals surface area contributed by atoms with Crippen LogP contribution in [0.2, 0.25) is 0 Å². The molecule has 0 radical (unpaired) electrons. The Bertz CT molecular complexity index is 1210. The van der Waals surface area contributed by atoms with Crippen molar-refractivity contribution in [3.05, 3.63) is 112 Å². The molecule has 0 spiro atoms. The summed E-state index contributed by atoms with van der Waals surface area (Å²) in [5.41, 5.74) is 4.22. The molecule has 1 aliphatic heterocycles. The number of hydrogen-bond donors (Lipinski definition) is 1. The number of thiocarbonyl (C=S) groups is 1. The molecule has 2 atom stereocenters. The van der Waals surface area contributed by atoms with E-state index in [-0.39, 0.29) is 12.1 Å². The van der Waals surface area contributed by atoms with Crippen molar-refractivity contribution in [2.75, 3.05) is 4.90 Å².